The van der Waals surface area contributed by atoms with Gasteiger partial charge in [-0.1, -0.05) is 15.9 Å². The van der Waals surface area contributed by atoms with E-state index in [-0.39, 0.29) is 24.8 Å². The highest BCUT2D eigenvalue weighted by atomic mass is 79.9. The Bertz CT molecular complexity index is 1430. The van der Waals surface area contributed by atoms with Crippen molar-refractivity contribution >= 4 is 44.3 Å². The van der Waals surface area contributed by atoms with Crippen LogP contribution >= 0.6 is 15.9 Å². The molecule has 1 aliphatic rings. The second kappa shape index (κ2) is 12.5. The zero-order valence-electron chi connectivity index (χ0n) is 23.3. The van der Waals surface area contributed by atoms with Crippen molar-refractivity contribution in [3.8, 4) is 5.75 Å². The number of halogens is 3. The second-order valence-electron chi connectivity index (χ2n) is 11.1. The summed E-state index contributed by atoms with van der Waals surface area (Å²) in [4.78, 5) is 29.4. The average molecular weight is 636 g/mol. The molecule has 9 nitrogen and oxygen atoms in total. The molecule has 0 spiro atoms. The largest absolute Gasteiger partial charge is 0.490 e. The van der Waals surface area contributed by atoms with E-state index in [0.717, 1.165) is 4.47 Å². The summed E-state index contributed by atoms with van der Waals surface area (Å²) in [5.74, 6) is -0.159. The number of rotatable bonds is 9. The molecule has 0 aliphatic carbocycles. The summed E-state index contributed by atoms with van der Waals surface area (Å²) in [5.41, 5.74) is 0.516. The molecule has 0 bridgehead atoms. The predicted octanol–water partition coefficient (Wildman–Crippen LogP) is 7.72. The topological polar surface area (TPSA) is 107 Å². The summed E-state index contributed by atoms with van der Waals surface area (Å²) < 4.78 is 41.2. The summed E-state index contributed by atoms with van der Waals surface area (Å²) in [6.45, 7) is 7.31. The molecule has 1 unspecified atom stereocenters. The van der Waals surface area contributed by atoms with Gasteiger partial charge in [-0.25, -0.2) is 18.6 Å². The number of hydrogen-bond donors (Lipinski definition) is 1. The van der Waals surface area contributed by atoms with Gasteiger partial charge < -0.3 is 14.8 Å². The molecule has 2 aromatic carbocycles. The van der Waals surface area contributed by atoms with Crippen LogP contribution < -0.4 is 10.1 Å². The Morgan fingerprint density at radius 3 is 2.76 bits per heavy atom. The lowest BCUT2D eigenvalue weighted by atomic mass is 10.0. The highest BCUT2D eigenvalue weighted by molar-refractivity contribution is 9.10. The number of fused-ring (bicyclic) bond motifs is 1. The van der Waals surface area contributed by atoms with E-state index in [2.05, 4.69) is 26.2 Å². The molecule has 1 fully saturated rings. The first-order valence-electron chi connectivity index (χ1n) is 13.4. The lowest BCUT2D eigenvalue weighted by Gasteiger charge is -2.29. The van der Waals surface area contributed by atoms with Crippen molar-refractivity contribution in [3.05, 3.63) is 68.6 Å². The molecular weight excluding hydrogens is 602 g/mol. The Balaban J connectivity index is 1.44. The van der Waals surface area contributed by atoms with E-state index in [4.69, 9.17) is 9.47 Å². The standard InChI is InChI=1S/C29H33BrF2N4O5/c1-17(6-5-11-33-27-21-12-18(30)7-9-23(21)34-15-25(27)36(38)39)40-26-10-8-19(31)13-22(26)24-14-20(32)16-35(24)28(37)41-29(2,3)4/h7-10,12-13,15,17,20,24H,5-6,11,14,16H2,1-4H3,(H,33,34)/t17?,20-,24+/m0/s1. The van der Waals surface area contributed by atoms with Crippen molar-refractivity contribution < 1.29 is 28.0 Å². The number of alkyl halides is 1. The monoisotopic (exact) mass is 634 g/mol. The molecular formula is C29H33BrF2N4O5. The van der Waals surface area contributed by atoms with Crippen molar-refractivity contribution in [1.82, 2.24) is 9.88 Å². The van der Waals surface area contributed by atoms with Gasteiger partial charge in [-0.05, 0) is 76.9 Å². The SMILES string of the molecule is CC(CCCNc1c([N+](=O)[O-])cnc2ccc(Br)cc12)Oc1ccc(F)cc1[C@H]1C[C@H](F)CN1C(=O)OC(C)(C)C. The number of pyridine rings is 1. The second-order valence-corrected chi connectivity index (χ2v) is 12.0. The zero-order valence-corrected chi connectivity index (χ0v) is 24.9. The number of benzene rings is 2. The first-order valence-corrected chi connectivity index (χ1v) is 14.2. The third-order valence-corrected chi connectivity index (χ3v) is 7.13. The molecule has 0 saturated carbocycles. The Labute approximate surface area is 245 Å². The van der Waals surface area contributed by atoms with Gasteiger partial charge in [0.05, 0.1) is 29.1 Å². The van der Waals surface area contributed by atoms with Crippen molar-refractivity contribution in [1.29, 1.82) is 0 Å². The van der Waals surface area contributed by atoms with Gasteiger partial charge in [0.2, 0.25) is 0 Å². The highest BCUT2D eigenvalue weighted by Gasteiger charge is 2.40. The molecule has 220 valence electrons. The molecule has 3 atom stereocenters. The summed E-state index contributed by atoms with van der Waals surface area (Å²) in [6, 6.07) is 8.67. The maximum Gasteiger partial charge on any atom is 0.410 e. The molecule has 41 heavy (non-hydrogen) atoms. The lowest BCUT2D eigenvalue weighted by molar-refractivity contribution is -0.384. The van der Waals surface area contributed by atoms with Crippen LogP contribution in [-0.2, 0) is 4.74 Å². The number of aromatic nitrogens is 1. The van der Waals surface area contributed by atoms with Gasteiger partial charge in [0, 0.05) is 28.4 Å². The third-order valence-electron chi connectivity index (χ3n) is 6.63. The average Bonchev–Trinajstić information content (AvgIpc) is 3.28. The minimum Gasteiger partial charge on any atom is -0.490 e. The smallest absolute Gasteiger partial charge is 0.410 e. The van der Waals surface area contributed by atoms with Crippen LogP contribution in [0.2, 0.25) is 0 Å². The predicted molar refractivity (Wildman–Crippen MR) is 156 cm³/mol. The van der Waals surface area contributed by atoms with E-state index >= 15 is 0 Å². The molecule has 1 aliphatic heterocycles. The van der Waals surface area contributed by atoms with Gasteiger partial charge in [0.15, 0.2) is 0 Å². The molecule has 1 N–H and O–H groups in total. The molecule has 12 heteroatoms. The summed E-state index contributed by atoms with van der Waals surface area (Å²) in [5, 5.41) is 15.4. The fourth-order valence-corrected chi connectivity index (χ4v) is 5.21. The number of hydrogen-bond acceptors (Lipinski definition) is 7. The third kappa shape index (κ3) is 7.60. The maximum atomic E-state index is 14.5. The van der Waals surface area contributed by atoms with E-state index < -0.39 is 34.6 Å². The number of ether oxygens (including phenoxy) is 2. The van der Waals surface area contributed by atoms with Gasteiger partial charge in [-0.2, -0.15) is 0 Å². The normalized spacial score (nSPS) is 17.9. The van der Waals surface area contributed by atoms with Crippen LogP contribution in [0.5, 0.6) is 5.75 Å². The zero-order chi connectivity index (χ0) is 29.9. The van der Waals surface area contributed by atoms with E-state index in [1.807, 2.05) is 13.0 Å². The quantitative estimate of drug-likeness (QED) is 0.146. The molecule has 1 saturated heterocycles. The number of nitro groups is 1. The number of amides is 1. The van der Waals surface area contributed by atoms with Crippen LogP contribution in [0.1, 0.15) is 58.6 Å². The van der Waals surface area contributed by atoms with Crippen LogP contribution in [-0.4, -0.2) is 51.9 Å². The van der Waals surface area contributed by atoms with Crippen molar-refractivity contribution in [2.24, 2.45) is 0 Å². The molecule has 1 aromatic heterocycles. The molecule has 2 heterocycles. The Morgan fingerprint density at radius 2 is 2.05 bits per heavy atom. The van der Waals surface area contributed by atoms with E-state index in [0.29, 0.717) is 47.3 Å². The minimum atomic E-state index is -1.28. The van der Waals surface area contributed by atoms with E-state index in [9.17, 15) is 23.7 Å². The van der Waals surface area contributed by atoms with Crippen molar-refractivity contribution in [2.75, 3.05) is 18.4 Å². The Hall–Kier alpha value is -3.54. The van der Waals surface area contributed by atoms with Crippen molar-refractivity contribution in [3.63, 3.8) is 0 Å². The maximum absolute atomic E-state index is 14.5. The number of nitrogens with zero attached hydrogens (tertiary/aromatic N) is 3. The van der Waals surface area contributed by atoms with Crippen molar-refractivity contribution in [2.45, 2.75) is 70.9 Å². The first kappa shape index (κ1) is 30.4. The fourth-order valence-electron chi connectivity index (χ4n) is 4.85. The van der Waals surface area contributed by atoms with Crippen LogP contribution in [0.15, 0.2) is 47.1 Å². The fraction of sp³-hybridized carbons (Fsp3) is 0.448. The number of anilines is 1. The molecule has 4 rings (SSSR count). The Kier molecular flexibility index (Phi) is 9.31. The number of nitrogens with one attached hydrogen (secondary N) is 1. The van der Waals surface area contributed by atoms with Crippen LogP contribution in [0.4, 0.5) is 25.0 Å². The molecule has 1 amide bonds. The Morgan fingerprint density at radius 1 is 1.29 bits per heavy atom. The lowest BCUT2D eigenvalue weighted by Crippen LogP contribution is -2.37. The summed E-state index contributed by atoms with van der Waals surface area (Å²) in [6.07, 6.45) is 0.154. The van der Waals surface area contributed by atoms with Gasteiger partial charge in [-0.3, -0.25) is 15.0 Å². The number of carbonyl (C=O) groups is 1. The van der Waals surface area contributed by atoms with Crippen LogP contribution in [0.3, 0.4) is 0 Å². The summed E-state index contributed by atoms with van der Waals surface area (Å²) in [7, 11) is 0. The molecule has 3 aromatic rings. The van der Waals surface area contributed by atoms with Gasteiger partial charge in [0.25, 0.3) is 0 Å². The van der Waals surface area contributed by atoms with Crippen LogP contribution in [0.25, 0.3) is 10.9 Å². The van der Waals surface area contributed by atoms with E-state index in [1.165, 1.54) is 29.3 Å². The number of likely N-dealkylation sites (tertiary alicyclic amines) is 1. The van der Waals surface area contributed by atoms with Gasteiger partial charge >= 0.3 is 11.8 Å². The first-order chi connectivity index (χ1) is 19.3. The van der Waals surface area contributed by atoms with Gasteiger partial charge in [-0.15, -0.1) is 0 Å². The van der Waals surface area contributed by atoms with Gasteiger partial charge in [0.1, 0.15) is 35.2 Å². The molecule has 0 radical (unpaired) electrons. The van der Waals surface area contributed by atoms with Crippen LogP contribution in [0, 0.1) is 15.9 Å². The van der Waals surface area contributed by atoms with E-state index in [1.54, 1.807) is 32.9 Å². The number of carbonyl (C=O) groups excluding carboxylic acids is 1. The highest BCUT2D eigenvalue weighted by Crippen LogP contribution is 2.40. The summed E-state index contributed by atoms with van der Waals surface area (Å²) >= 11 is 3.41. The minimum absolute atomic E-state index is 0.00609.